The third kappa shape index (κ3) is 3.89. The van der Waals surface area contributed by atoms with Gasteiger partial charge in [-0.1, -0.05) is 20.8 Å². The molecule has 0 spiro atoms. The maximum atomic E-state index is 9.14. The molecule has 2 nitrogen and oxygen atoms in total. The second kappa shape index (κ2) is 4.97. The van der Waals surface area contributed by atoms with E-state index in [1.165, 1.54) is 0 Å². The second-order valence-corrected chi connectivity index (χ2v) is 10.7. The highest BCUT2D eigenvalue weighted by Gasteiger charge is 2.39. The Balaban J connectivity index is 4.48. The van der Waals surface area contributed by atoms with Crippen molar-refractivity contribution in [2.45, 2.75) is 57.3 Å². The maximum Gasteiger partial charge on any atom is 0.192 e. The molecule has 0 fully saturated rings. The molecule has 0 aromatic carbocycles. The Bertz CT molecular complexity index is 175. The number of hydrogen-bond donors (Lipinski definition) is 1. The number of rotatable bonds is 4. The van der Waals surface area contributed by atoms with Gasteiger partial charge in [-0.2, -0.15) is 0 Å². The second-order valence-electron chi connectivity index (χ2n) is 5.28. The van der Waals surface area contributed by atoms with E-state index in [1.54, 1.807) is 0 Å². The van der Waals surface area contributed by atoms with E-state index < -0.39 is 8.32 Å². The fourth-order valence-electron chi connectivity index (χ4n) is 0.831. The molecule has 0 amide bonds. The summed E-state index contributed by atoms with van der Waals surface area (Å²) in [5, 5.41) is 9.15. The average molecular weight is 239 g/mol. The van der Waals surface area contributed by atoms with Crippen LogP contribution in [0.4, 0.5) is 0 Å². The van der Waals surface area contributed by atoms with Crippen molar-refractivity contribution in [1.82, 2.24) is 0 Å². The van der Waals surface area contributed by atoms with E-state index in [2.05, 4.69) is 33.9 Å². The molecule has 0 aliphatic rings. The fourth-order valence-corrected chi connectivity index (χ4v) is 2.44. The summed E-state index contributed by atoms with van der Waals surface area (Å²) in [6.07, 6.45) is -0.238. The van der Waals surface area contributed by atoms with Crippen LogP contribution in [0.2, 0.25) is 18.1 Å². The van der Waals surface area contributed by atoms with Gasteiger partial charge in [0.05, 0.1) is 18.1 Å². The largest absolute Gasteiger partial charge is 0.410 e. The summed E-state index contributed by atoms with van der Waals surface area (Å²) in [5.41, 5.74) is 0. The summed E-state index contributed by atoms with van der Waals surface area (Å²) in [7, 11) is -1.80. The Morgan fingerprint density at radius 2 is 1.79 bits per heavy atom. The molecule has 14 heavy (non-hydrogen) atoms. The van der Waals surface area contributed by atoms with Gasteiger partial charge in [0, 0.05) is 0 Å². The highest BCUT2D eigenvalue weighted by molar-refractivity contribution is 6.74. The van der Waals surface area contributed by atoms with Crippen LogP contribution >= 0.6 is 11.6 Å². The van der Waals surface area contributed by atoms with Gasteiger partial charge in [-0.25, -0.2) is 0 Å². The highest BCUT2D eigenvalue weighted by atomic mass is 35.5. The molecule has 1 N–H and O–H groups in total. The van der Waals surface area contributed by atoms with Gasteiger partial charge in [-0.15, -0.1) is 11.6 Å². The van der Waals surface area contributed by atoms with E-state index in [0.29, 0.717) is 0 Å². The minimum Gasteiger partial charge on any atom is -0.410 e. The van der Waals surface area contributed by atoms with Gasteiger partial charge in [0.2, 0.25) is 0 Å². The minimum atomic E-state index is -1.80. The molecule has 0 saturated heterocycles. The number of halogens is 1. The van der Waals surface area contributed by atoms with Gasteiger partial charge in [-0.05, 0) is 25.1 Å². The molecule has 0 aromatic heterocycles. The lowest BCUT2D eigenvalue weighted by Crippen LogP contribution is -2.46. The first-order chi connectivity index (χ1) is 6.12. The topological polar surface area (TPSA) is 29.5 Å². The van der Waals surface area contributed by atoms with Crippen LogP contribution in [0, 0.1) is 0 Å². The normalized spacial score (nSPS) is 18.0. The van der Waals surface area contributed by atoms with Crippen molar-refractivity contribution in [3.63, 3.8) is 0 Å². The first-order valence-electron chi connectivity index (χ1n) is 5.04. The lowest BCUT2D eigenvalue weighted by atomic mass is 10.2. The highest BCUT2D eigenvalue weighted by Crippen LogP contribution is 2.37. The third-order valence-electron chi connectivity index (χ3n) is 2.94. The first kappa shape index (κ1) is 14.4. The summed E-state index contributed by atoms with van der Waals surface area (Å²) >= 11 is 5.94. The van der Waals surface area contributed by atoms with Gasteiger partial charge in [-0.3, -0.25) is 0 Å². The lowest BCUT2D eigenvalue weighted by Gasteiger charge is -2.39. The molecule has 0 heterocycles. The number of aliphatic hydroxyl groups is 1. The number of aliphatic hydroxyl groups excluding tert-OH is 1. The van der Waals surface area contributed by atoms with Crippen LogP contribution in [-0.2, 0) is 4.43 Å². The number of hydrogen-bond acceptors (Lipinski definition) is 2. The Morgan fingerprint density at radius 1 is 1.36 bits per heavy atom. The van der Waals surface area contributed by atoms with Crippen molar-refractivity contribution in [3.05, 3.63) is 0 Å². The molecule has 0 radical (unpaired) electrons. The zero-order chi connectivity index (χ0) is 11.6. The monoisotopic (exact) mass is 238 g/mol. The van der Waals surface area contributed by atoms with E-state index in [4.69, 9.17) is 21.1 Å². The standard InChI is InChI=1S/C10H23ClO2Si/c1-8(11)9(7-12)13-14(5,6)10(2,3)4/h8-9,12H,7H2,1-6H3/t8-,9+/m0/s1. The van der Waals surface area contributed by atoms with Crippen LogP contribution < -0.4 is 0 Å². The summed E-state index contributed by atoms with van der Waals surface area (Å²) in [6.45, 7) is 12.7. The molecule has 4 heteroatoms. The van der Waals surface area contributed by atoms with Crippen LogP contribution in [0.25, 0.3) is 0 Å². The molecular formula is C10H23ClO2Si. The molecule has 0 bridgehead atoms. The average Bonchev–Trinajstić information content (AvgIpc) is 1.97. The van der Waals surface area contributed by atoms with Crippen LogP contribution in [0.3, 0.4) is 0 Å². The van der Waals surface area contributed by atoms with E-state index in [1.807, 2.05) is 6.92 Å². The van der Waals surface area contributed by atoms with E-state index >= 15 is 0 Å². The van der Waals surface area contributed by atoms with Crippen molar-refractivity contribution in [2.75, 3.05) is 6.61 Å². The predicted octanol–water partition coefficient (Wildman–Crippen LogP) is 3.00. The molecule has 0 aromatic rings. The minimum absolute atomic E-state index is 0.00280. The third-order valence-corrected chi connectivity index (χ3v) is 7.73. The molecule has 0 unspecified atom stereocenters. The van der Waals surface area contributed by atoms with Gasteiger partial charge >= 0.3 is 0 Å². The SMILES string of the molecule is C[C@H](Cl)[C@@H](CO)O[Si](C)(C)C(C)(C)C. The molecule has 86 valence electrons. The van der Waals surface area contributed by atoms with Gasteiger partial charge in [0.15, 0.2) is 8.32 Å². The number of alkyl halides is 1. The van der Waals surface area contributed by atoms with E-state index in [-0.39, 0.29) is 23.1 Å². The Hall–Kier alpha value is 0.427. The summed E-state index contributed by atoms with van der Waals surface area (Å²) in [6, 6.07) is 0. The maximum absolute atomic E-state index is 9.14. The molecule has 0 aliphatic heterocycles. The van der Waals surface area contributed by atoms with E-state index in [0.717, 1.165) is 0 Å². The van der Waals surface area contributed by atoms with E-state index in [9.17, 15) is 0 Å². The molecule has 0 rings (SSSR count). The Labute approximate surface area is 93.7 Å². The zero-order valence-corrected chi connectivity index (χ0v) is 11.9. The van der Waals surface area contributed by atoms with Crippen molar-refractivity contribution < 1.29 is 9.53 Å². The van der Waals surface area contributed by atoms with Crippen LogP contribution in [0.5, 0.6) is 0 Å². The fraction of sp³-hybridized carbons (Fsp3) is 1.00. The van der Waals surface area contributed by atoms with Crippen molar-refractivity contribution >= 4 is 19.9 Å². The summed E-state index contributed by atoms with van der Waals surface area (Å²) in [5.74, 6) is 0. The zero-order valence-electron chi connectivity index (χ0n) is 10.1. The lowest BCUT2D eigenvalue weighted by molar-refractivity contribution is 0.102. The van der Waals surface area contributed by atoms with Crippen molar-refractivity contribution in [2.24, 2.45) is 0 Å². The molecule has 2 atom stereocenters. The molecule has 0 saturated carbocycles. The van der Waals surface area contributed by atoms with Crippen LogP contribution in [0.1, 0.15) is 27.7 Å². The first-order valence-corrected chi connectivity index (χ1v) is 8.39. The van der Waals surface area contributed by atoms with Gasteiger partial charge in [0.25, 0.3) is 0 Å². The van der Waals surface area contributed by atoms with Gasteiger partial charge in [0.1, 0.15) is 0 Å². The summed E-state index contributed by atoms with van der Waals surface area (Å²) < 4.78 is 5.97. The smallest absolute Gasteiger partial charge is 0.192 e. The van der Waals surface area contributed by atoms with Crippen molar-refractivity contribution in [3.8, 4) is 0 Å². The van der Waals surface area contributed by atoms with Crippen LogP contribution in [0.15, 0.2) is 0 Å². The predicted molar refractivity (Wildman–Crippen MR) is 64.5 cm³/mol. The quantitative estimate of drug-likeness (QED) is 0.603. The van der Waals surface area contributed by atoms with Crippen LogP contribution in [-0.4, -0.2) is 31.5 Å². The molecule has 0 aliphatic carbocycles. The van der Waals surface area contributed by atoms with Gasteiger partial charge < -0.3 is 9.53 Å². The summed E-state index contributed by atoms with van der Waals surface area (Å²) in [4.78, 5) is 0. The Kier molecular flexibility index (Phi) is 5.12. The van der Waals surface area contributed by atoms with Crippen molar-refractivity contribution in [1.29, 1.82) is 0 Å². The Morgan fingerprint density at radius 3 is 2.00 bits per heavy atom. The molecular weight excluding hydrogens is 216 g/mol.